The minimum atomic E-state index is -0.665. The molecule has 0 aliphatic heterocycles. The van der Waals surface area contributed by atoms with Gasteiger partial charge in [-0.1, -0.05) is 60.7 Å². The van der Waals surface area contributed by atoms with Crippen molar-refractivity contribution in [3.8, 4) is 11.5 Å². The molecule has 5 nitrogen and oxygen atoms in total. The molecule has 3 aromatic rings. The molecule has 0 aliphatic carbocycles. The monoisotopic (exact) mass is 353 g/mol. The zero-order chi connectivity index (χ0) is 18.4. The first-order valence-corrected chi connectivity index (χ1v) is 7.95. The summed E-state index contributed by atoms with van der Waals surface area (Å²) < 4.78 is 24.9. The number of nitro benzene ring substituents is 1. The van der Waals surface area contributed by atoms with E-state index in [4.69, 9.17) is 9.47 Å². The zero-order valence-electron chi connectivity index (χ0n) is 13.8. The van der Waals surface area contributed by atoms with Gasteiger partial charge in [-0.2, -0.15) is 0 Å². The van der Waals surface area contributed by atoms with E-state index >= 15 is 0 Å². The van der Waals surface area contributed by atoms with E-state index in [1.165, 1.54) is 0 Å². The van der Waals surface area contributed by atoms with Crippen LogP contribution in [0.15, 0.2) is 72.8 Å². The van der Waals surface area contributed by atoms with Gasteiger partial charge in [0.2, 0.25) is 11.5 Å². The van der Waals surface area contributed by atoms with E-state index < -0.39 is 16.4 Å². The minimum absolute atomic E-state index is 0.0866. The van der Waals surface area contributed by atoms with Crippen molar-refractivity contribution in [3.05, 3.63) is 99.9 Å². The molecule has 132 valence electrons. The van der Waals surface area contributed by atoms with Crippen LogP contribution in [0.4, 0.5) is 10.1 Å². The number of benzene rings is 3. The fourth-order valence-corrected chi connectivity index (χ4v) is 2.42. The smallest absolute Gasteiger partial charge is 0.352 e. The average molecular weight is 353 g/mol. The normalized spacial score (nSPS) is 10.3. The third-order valence-electron chi connectivity index (χ3n) is 3.66. The Balaban J connectivity index is 1.84. The topological polar surface area (TPSA) is 61.6 Å². The summed E-state index contributed by atoms with van der Waals surface area (Å²) in [6.45, 7) is 0.173. The minimum Gasteiger partial charge on any atom is -0.482 e. The molecule has 0 radical (unpaired) electrons. The number of hydrogen-bond acceptors (Lipinski definition) is 4. The highest BCUT2D eigenvalue weighted by atomic mass is 19.1. The summed E-state index contributed by atoms with van der Waals surface area (Å²) in [7, 11) is 0. The number of halogens is 1. The standard InChI is InChI=1S/C20H16FNO4/c21-17-11-18(25-13-15-7-3-1-4-8-15)20(22(23)24)19(12-17)26-14-16-9-5-2-6-10-16/h1-12H,13-14H2. The van der Waals surface area contributed by atoms with Gasteiger partial charge in [-0.25, -0.2) is 4.39 Å². The van der Waals surface area contributed by atoms with Gasteiger partial charge in [0, 0.05) is 12.1 Å². The summed E-state index contributed by atoms with van der Waals surface area (Å²) >= 11 is 0. The van der Waals surface area contributed by atoms with Crippen LogP contribution < -0.4 is 9.47 Å². The summed E-state index contributed by atoms with van der Waals surface area (Å²) in [6, 6.07) is 20.3. The molecule has 0 spiro atoms. The van der Waals surface area contributed by atoms with Crippen molar-refractivity contribution in [1.29, 1.82) is 0 Å². The van der Waals surface area contributed by atoms with Gasteiger partial charge < -0.3 is 9.47 Å². The van der Waals surface area contributed by atoms with Gasteiger partial charge >= 0.3 is 5.69 Å². The van der Waals surface area contributed by atoms with E-state index in [1.807, 2.05) is 60.7 Å². The maximum absolute atomic E-state index is 13.9. The molecule has 0 bridgehead atoms. The third kappa shape index (κ3) is 4.36. The highest BCUT2D eigenvalue weighted by Crippen LogP contribution is 2.38. The number of nitrogens with zero attached hydrogens (tertiary/aromatic N) is 1. The van der Waals surface area contributed by atoms with Gasteiger partial charge in [0.1, 0.15) is 19.0 Å². The quantitative estimate of drug-likeness (QED) is 0.448. The van der Waals surface area contributed by atoms with Crippen molar-refractivity contribution in [2.75, 3.05) is 0 Å². The van der Waals surface area contributed by atoms with Crippen LogP contribution in [0.2, 0.25) is 0 Å². The maximum atomic E-state index is 13.9. The first-order chi connectivity index (χ1) is 12.6. The van der Waals surface area contributed by atoms with E-state index in [2.05, 4.69) is 0 Å². The second-order valence-electron chi connectivity index (χ2n) is 5.56. The number of rotatable bonds is 7. The molecule has 0 saturated carbocycles. The Labute approximate surface area is 149 Å². The summed E-state index contributed by atoms with van der Waals surface area (Å²) in [5.74, 6) is -0.995. The molecule has 0 amide bonds. The molecule has 3 rings (SSSR count). The highest BCUT2D eigenvalue weighted by Gasteiger charge is 2.25. The van der Waals surface area contributed by atoms with Gasteiger partial charge in [0.05, 0.1) is 4.92 Å². The Hall–Kier alpha value is -3.41. The Bertz CT molecular complexity index is 820. The Morgan fingerprint density at radius 3 is 1.62 bits per heavy atom. The van der Waals surface area contributed by atoms with Gasteiger partial charge in [0.25, 0.3) is 0 Å². The first-order valence-electron chi connectivity index (χ1n) is 7.95. The Morgan fingerprint density at radius 2 is 1.23 bits per heavy atom. The second kappa shape index (κ2) is 8.11. The number of nitro groups is 1. The maximum Gasteiger partial charge on any atom is 0.352 e. The van der Waals surface area contributed by atoms with Crippen molar-refractivity contribution >= 4 is 5.69 Å². The van der Waals surface area contributed by atoms with Crippen LogP contribution in [0.25, 0.3) is 0 Å². The molecule has 0 aliphatic rings. The fraction of sp³-hybridized carbons (Fsp3) is 0.100. The predicted octanol–water partition coefficient (Wildman–Crippen LogP) is 4.89. The molecule has 6 heteroatoms. The van der Waals surface area contributed by atoms with Crippen molar-refractivity contribution < 1.29 is 18.8 Å². The van der Waals surface area contributed by atoms with Gasteiger partial charge in [-0.3, -0.25) is 10.1 Å². The lowest BCUT2D eigenvalue weighted by atomic mass is 10.2. The fourth-order valence-electron chi connectivity index (χ4n) is 2.42. The van der Waals surface area contributed by atoms with Crippen LogP contribution in [-0.4, -0.2) is 4.92 Å². The molecule has 0 saturated heterocycles. The summed E-state index contributed by atoms with van der Waals surface area (Å²) in [6.07, 6.45) is 0. The second-order valence-corrected chi connectivity index (χ2v) is 5.56. The first kappa shape index (κ1) is 17.4. The van der Waals surface area contributed by atoms with E-state index in [-0.39, 0.29) is 24.7 Å². The van der Waals surface area contributed by atoms with E-state index in [0.717, 1.165) is 23.3 Å². The van der Waals surface area contributed by atoms with E-state index in [0.29, 0.717) is 0 Å². The summed E-state index contributed by atoms with van der Waals surface area (Å²) in [5, 5.41) is 11.5. The van der Waals surface area contributed by atoms with Crippen LogP contribution in [0.3, 0.4) is 0 Å². The lowest BCUT2D eigenvalue weighted by Gasteiger charge is -2.11. The van der Waals surface area contributed by atoms with Gasteiger partial charge in [-0.15, -0.1) is 0 Å². The third-order valence-corrected chi connectivity index (χ3v) is 3.66. The highest BCUT2D eigenvalue weighted by molar-refractivity contribution is 5.57. The lowest BCUT2D eigenvalue weighted by Crippen LogP contribution is -2.04. The zero-order valence-corrected chi connectivity index (χ0v) is 13.8. The Kier molecular flexibility index (Phi) is 5.43. The Morgan fingerprint density at radius 1 is 0.808 bits per heavy atom. The van der Waals surface area contributed by atoms with Gasteiger partial charge in [-0.05, 0) is 11.1 Å². The van der Waals surface area contributed by atoms with Gasteiger partial charge in [0.15, 0.2) is 0 Å². The van der Waals surface area contributed by atoms with Crippen LogP contribution in [0.5, 0.6) is 11.5 Å². The molecule has 0 fully saturated rings. The average Bonchev–Trinajstić information content (AvgIpc) is 2.65. The molecular weight excluding hydrogens is 337 g/mol. The molecule has 0 aromatic heterocycles. The molecular formula is C20H16FNO4. The van der Waals surface area contributed by atoms with Crippen LogP contribution in [0.1, 0.15) is 11.1 Å². The molecule has 0 atom stereocenters. The molecule has 0 heterocycles. The summed E-state index contributed by atoms with van der Waals surface area (Å²) in [4.78, 5) is 10.9. The molecule has 0 unspecified atom stereocenters. The molecule has 26 heavy (non-hydrogen) atoms. The SMILES string of the molecule is O=[N+]([O-])c1c(OCc2ccccc2)cc(F)cc1OCc1ccccc1. The van der Waals surface area contributed by atoms with Crippen LogP contribution in [0, 0.1) is 15.9 Å². The van der Waals surface area contributed by atoms with Crippen molar-refractivity contribution in [1.82, 2.24) is 0 Å². The predicted molar refractivity (Wildman–Crippen MR) is 94.6 cm³/mol. The van der Waals surface area contributed by atoms with E-state index in [9.17, 15) is 14.5 Å². The van der Waals surface area contributed by atoms with Crippen molar-refractivity contribution in [2.24, 2.45) is 0 Å². The van der Waals surface area contributed by atoms with Crippen molar-refractivity contribution in [2.45, 2.75) is 13.2 Å². The number of ether oxygens (including phenoxy) is 2. The number of hydrogen-bond donors (Lipinski definition) is 0. The summed E-state index contributed by atoms with van der Waals surface area (Å²) in [5.41, 5.74) is 1.24. The largest absolute Gasteiger partial charge is 0.482 e. The van der Waals surface area contributed by atoms with Crippen molar-refractivity contribution in [3.63, 3.8) is 0 Å². The molecule has 0 N–H and O–H groups in total. The lowest BCUT2D eigenvalue weighted by molar-refractivity contribution is -0.387. The van der Waals surface area contributed by atoms with Crippen LogP contribution >= 0.6 is 0 Å². The molecule has 3 aromatic carbocycles. The van der Waals surface area contributed by atoms with E-state index in [1.54, 1.807) is 0 Å². The van der Waals surface area contributed by atoms with Crippen LogP contribution in [-0.2, 0) is 13.2 Å².